The van der Waals surface area contributed by atoms with Crippen LogP contribution in [0.1, 0.15) is 25.7 Å². The van der Waals surface area contributed by atoms with E-state index >= 15 is 0 Å². The summed E-state index contributed by atoms with van der Waals surface area (Å²) in [5, 5.41) is 4.24. The Hall–Kier alpha value is -2.30. The molecular weight excluding hydrogens is 290 g/mol. The number of aromatic nitrogens is 2. The van der Waals surface area contributed by atoms with Gasteiger partial charge in [0.15, 0.2) is 0 Å². The summed E-state index contributed by atoms with van der Waals surface area (Å²) in [4.78, 5) is 14.5. The molecule has 0 radical (unpaired) electrons. The summed E-state index contributed by atoms with van der Waals surface area (Å²) in [6.45, 7) is 2.23. The van der Waals surface area contributed by atoms with Crippen molar-refractivity contribution in [2.24, 2.45) is 0 Å². The van der Waals surface area contributed by atoms with Gasteiger partial charge in [0.05, 0.1) is 19.2 Å². The summed E-state index contributed by atoms with van der Waals surface area (Å²) in [5.41, 5.74) is 0. The number of carbonyl (C=O) groups excluding carboxylic acids is 1. The molecule has 23 heavy (non-hydrogen) atoms. The van der Waals surface area contributed by atoms with Crippen molar-refractivity contribution in [2.75, 3.05) is 13.2 Å². The topological polar surface area (TPSA) is 47.4 Å². The zero-order chi connectivity index (χ0) is 15.9. The van der Waals surface area contributed by atoms with E-state index in [9.17, 15) is 4.79 Å². The number of likely N-dealkylation sites (tertiary alicyclic amines) is 1. The van der Waals surface area contributed by atoms with Crippen LogP contribution in [0.4, 0.5) is 0 Å². The van der Waals surface area contributed by atoms with Crippen LogP contribution in [0.3, 0.4) is 0 Å². The van der Waals surface area contributed by atoms with E-state index in [1.165, 1.54) is 0 Å². The number of nitrogens with zero attached hydrogens (tertiary/aromatic N) is 3. The predicted octanol–water partition coefficient (Wildman–Crippen LogP) is 2.73. The Balaban J connectivity index is 1.42. The summed E-state index contributed by atoms with van der Waals surface area (Å²) in [6, 6.07) is 11.9. The first-order valence-corrected chi connectivity index (χ1v) is 8.27. The second-order valence-electron chi connectivity index (χ2n) is 5.88. The summed E-state index contributed by atoms with van der Waals surface area (Å²) in [7, 11) is 0. The van der Waals surface area contributed by atoms with Gasteiger partial charge in [0.1, 0.15) is 5.75 Å². The third kappa shape index (κ3) is 4.34. The van der Waals surface area contributed by atoms with Crippen LogP contribution < -0.4 is 4.74 Å². The van der Waals surface area contributed by atoms with Crippen LogP contribution >= 0.6 is 0 Å². The van der Waals surface area contributed by atoms with Crippen LogP contribution in [0.15, 0.2) is 48.8 Å². The van der Waals surface area contributed by atoms with Crippen molar-refractivity contribution in [3.05, 3.63) is 48.8 Å². The average Bonchev–Trinajstić information content (AvgIpc) is 3.25. The van der Waals surface area contributed by atoms with E-state index in [4.69, 9.17) is 4.74 Å². The molecule has 5 heteroatoms. The molecule has 1 aliphatic heterocycles. The number of hydrogen-bond donors (Lipinski definition) is 0. The molecule has 122 valence electrons. The first-order chi connectivity index (χ1) is 11.3. The zero-order valence-electron chi connectivity index (χ0n) is 13.3. The molecule has 2 heterocycles. The molecule has 1 aromatic heterocycles. The van der Waals surface area contributed by atoms with Gasteiger partial charge < -0.3 is 9.64 Å². The lowest BCUT2D eigenvalue weighted by atomic mass is 10.2. The summed E-state index contributed by atoms with van der Waals surface area (Å²) >= 11 is 0. The van der Waals surface area contributed by atoms with Crippen molar-refractivity contribution in [2.45, 2.75) is 38.3 Å². The van der Waals surface area contributed by atoms with Crippen molar-refractivity contribution in [1.82, 2.24) is 14.7 Å². The SMILES string of the molecule is O=C(CCCOc1ccccc1)N1CCCC1Cn1cccn1. The smallest absolute Gasteiger partial charge is 0.223 e. The molecule has 1 fully saturated rings. The largest absolute Gasteiger partial charge is 0.494 e. The fourth-order valence-electron chi connectivity index (χ4n) is 3.05. The number of carbonyl (C=O) groups is 1. The molecule has 1 amide bonds. The van der Waals surface area contributed by atoms with Gasteiger partial charge in [0.25, 0.3) is 0 Å². The van der Waals surface area contributed by atoms with Crippen LogP contribution in [0, 0.1) is 0 Å². The third-order valence-corrected chi connectivity index (χ3v) is 4.20. The Labute approximate surface area is 136 Å². The van der Waals surface area contributed by atoms with Crippen molar-refractivity contribution >= 4 is 5.91 Å². The summed E-state index contributed by atoms with van der Waals surface area (Å²) < 4.78 is 7.56. The van der Waals surface area contributed by atoms with Crippen molar-refractivity contribution in [1.29, 1.82) is 0 Å². The molecule has 0 N–H and O–H groups in total. The van der Waals surface area contributed by atoms with E-state index in [0.29, 0.717) is 13.0 Å². The van der Waals surface area contributed by atoms with Gasteiger partial charge in [0.2, 0.25) is 5.91 Å². The van der Waals surface area contributed by atoms with Crippen LogP contribution in [0.25, 0.3) is 0 Å². The highest BCUT2D eigenvalue weighted by molar-refractivity contribution is 5.76. The molecule has 1 saturated heterocycles. The normalized spacial score (nSPS) is 17.4. The maximum atomic E-state index is 12.4. The Morgan fingerprint density at radius 3 is 2.91 bits per heavy atom. The Kier molecular flexibility index (Phi) is 5.29. The van der Waals surface area contributed by atoms with E-state index < -0.39 is 0 Å². The molecule has 1 aliphatic rings. The number of rotatable bonds is 7. The van der Waals surface area contributed by atoms with Crippen molar-refractivity contribution in [3.8, 4) is 5.75 Å². The second kappa shape index (κ2) is 7.81. The highest BCUT2D eigenvalue weighted by Crippen LogP contribution is 2.20. The number of amides is 1. The fraction of sp³-hybridized carbons (Fsp3) is 0.444. The minimum Gasteiger partial charge on any atom is -0.494 e. The van der Waals surface area contributed by atoms with E-state index in [2.05, 4.69) is 5.10 Å². The lowest BCUT2D eigenvalue weighted by Crippen LogP contribution is -2.38. The lowest BCUT2D eigenvalue weighted by Gasteiger charge is -2.24. The summed E-state index contributed by atoms with van der Waals surface area (Å²) in [6.07, 6.45) is 7.17. The second-order valence-corrected chi connectivity index (χ2v) is 5.88. The number of hydrogen-bond acceptors (Lipinski definition) is 3. The molecule has 1 aromatic carbocycles. The highest BCUT2D eigenvalue weighted by Gasteiger charge is 2.28. The minimum absolute atomic E-state index is 0.233. The first-order valence-electron chi connectivity index (χ1n) is 8.27. The van der Waals surface area contributed by atoms with Gasteiger partial charge in [-0.2, -0.15) is 5.10 Å². The molecular formula is C18H23N3O2. The molecule has 1 unspecified atom stereocenters. The third-order valence-electron chi connectivity index (χ3n) is 4.20. The van der Waals surface area contributed by atoms with Crippen molar-refractivity contribution < 1.29 is 9.53 Å². The van der Waals surface area contributed by atoms with Gasteiger partial charge in [-0.25, -0.2) is 0 Å². The van der Waals surface area contributed by atoms with Gasteiger partial charge >= 0.3 is 0 Å². The molecule has 0 bridgehead atoms. The van der Waals surface area contributed by atoms with Gasteiger partial charge in [-0.15, -0.1) is 0 Å². The first kappa shape index (κ1) is 15.6. The van der Waals surface area contributed by atoms with Crippen molar-refractivity contribution in [3.63, 3.8) is 0 Å². The molecule has 2 aromatic rings. The summed E-state index contributed by atoms with van der Waals surface area (Å²) in [5.74, 6) is 1.09. The van der Waals surface area contributed by atoms with Crippen LogP contribution in [0.2, 0.25) is 0 Å². The number of ether oxygens (including phenoxy) is 1. The molecule has 0 saturated carbocycles. The number of para-hydroxylation sites is 1. The van der Waals surface area contributed by atoms with Crippen LogP contribution in [0.5, 0.6) is 5.75 Å². The quantitative estimate of drug-likeness (QED) is 0.739. The van der Waals surface area contributed by atoms with Gasteiger partial charge in [-0.05, 0) is 37.5 Å². The number of benzene rings is 1. The molecule has 5 nitrogen and oxygen atoms in total. The van der Waals surface area contributed by atoms with E-state index in [1.807, 2.05) is 52.2 Å². The highest BCUT2D eigenvalue weighted by atomic mass is 16.5. The van der Waals surface area contributed by atoms with Gasteiger partial charge in [-0.3, -0.25) is 9.48 Å². The van der Waals surface area contributed by atoms with Gasteiger partial charge in [0, 0.05) is 25.4 Å². The maximum absolute atomic E-state index is 12.4. The molecule has 1 atom stereocenters. The zero-order valence-corrected chi connectivity index (χ0v) is 13.3. The fourth-order valence-corrected chi connectivity index (χ4v) is 3.05. The van der Waals surface area contributed by atoms with E-state index in [-0.39, 0.29) is 11.9 Å². The average molecular weight is 313 g/mol. The van der Waals surface area contributed by atoms with Crippen LogP contribution in [-0.4, -0.2) is 39.8 Å². The van der Waals surface area contributed by atoms with Gasteiger partial charge in [-0.1, -0.05) is 18.2 Å². The molecule has 0 spiro atoms. The van der Waals surface area contributed by atoms with E-state index in [0.717, 1.165) is 38.1 Å². The molecule has 0 aliphatic carbocycles. The maximum Gasteiger partial charge on any atom is 0.223 e. The predicted molar refractivity (Wildman–Crippen MR) is 88.1 cm³/mol. The monoisotopic (exact) mass is 313 g/mol. The lowest BCUT2D eigenvalue weighted by molar-refractivity contribution is -0.132. The van der Waals surface area contributed by atoms with Crippen LogP contribution in [-0.2, 0) is 11.3 Å². The Bertz CT molecular complexity index is 598. The Morgan fingerprint density at radius 2 is 2.13 bits per heavy atom. The molecule has 3 rings (SSSR count). The van der Waals surface area contributed by atoms with E-state index in [1.54, 1.807) is 6.20 Å². The standard InChI is InChI=1S/C18H23N3O2/c22-18(10-5-14-23-17-8-2-1-3-9-17)21-13-4-7-16(21)15-20-12-6-11-19-20/h1-3,6,8-9,11-12,16H,4-5,7,10,13-15H2. The minimum atomic E-state index is 0.233. The Morgan fingerprint density at radius 1 is 1.26 bits per heavy atom.